The van der Waals surface area contributed by atoms with Crippen LogP contribution >= 0.6 is 0 Å². The number of hydrogen-bond acceptors (Lipinski definition) is 6. The van der Waals surface area contributed by atoms with E-state index in [0.29, 0.717) is 25.6 Å². The zero-order chi connectivity index (χ0) is 21.9. The van der Waals surface area contributed by atoms with E-state index in [1.54, 1.807) is 24.4 Å². The summed E-state index contributed by atoms with van der Waals surface area (Å²) in [5, 5.41) is 6.38. The Bertz CT molecular complexity index is 879. The summed E-state index contributed by atoms with van der Waals surface area (Å²) in [5.74, 6) is 0.534. The number of urea groups is 1. The summed E-state index contributed by atoms with van der Waals surface area (Å²) < 4.78 is 5.02. The van der Waals surface area contributed by atoms with Crippen LogP contribution in [0.15, 0.2) is 42.7 Å². The fraction of sp³-hybridized carbons (Fsp3) is 0.522. The average Bonchev–Trinajstić information content (AvgIpc) is 3.11. The topological polar surface area (TPSA) is 82.6 Å². The normalized spacial score (nSPS) is 25.8. The Morgan fingerprint density at radius 2 is 1.81 bits per heavy atom. The van der Waals surface area contributed by atoms with Crippen molar-refractivity contribution in [2.24, 2.45) is 0 Å². The molecule has 2 aliphatic rings. The predicted molar refractivity (Wildman–Crippen MR) is 121 cm³/mol. The lowest BCUT2D eigenvalue weighted by Crippen LogP contribution is -2.54. The molecule has 2 fully saturated rings. The highest BCUT2D eigenvalue weighted by Crippen LogP contribution is 2.46. The van der Waals surface area contributed by atoms with Crippen LogP contribution in [0.25, 0.3) is 0 Å². The van der Waals surface area contributed by atoms with Gasteiger partial charge in [-0.2, -0.15) is 0 Å². The fourth-order valence-electron chi connectivity index (χ4n) is 4.90. The van der Waals surface area contributed by atoms with Crippen molar-refractivity contribution >= 4 is 17.7 Å². The second-order valence-electron chi connectivity index (χ2n) is 8.77. The van der Waals surface area contributed by atoms with Crippen molar-refractivity contribution in [2.45, 2.75) is 36.8 Å². The Labute approximate surface area is 184 Å². The van der Waals surface area contributed by atoms with Gasteiger partial charge in [0.2, 0.25) is 5.95 Å². The van der Waals surface area contributed by atoms with Crippen LogP contribution in [0.3, 0.4) is 0 Å². The number of nitrogens with one attached hydrogen (secondary N) is 2. The quantitative estimate of drug-likeness (QED) is 0.665. The molecule has 1 aromatic heterocycles. The lowest BCUT2D eigenvalue weighted by Gasteiger charge is -2.48. The van der Waals surface area contributed by atoms with Crippen molar-refractivity contribution in [1.29, 1.82) is 0 Å². The van der Waals surface area contributed by atoms with Gasteiger partial charge in [0, 0.05) is 19.2 Å². The number of amides is 2. The van der Waals surface area contributed by atoms with Crippen LogP contribution in [0.1, 0.15) is 31.2 Å². The molecule has 0 bridgehead atoms. The molecule has 1 aromatic carbocycles. The van der Waals surface area contributed by atoms with E-state index in [0.717, 1.165) is 31.4 Å². The van der Waals surface area contributed by atoms with Crippen LogP contribution in [-0.2, 0) is 10.3 Å². The summed E-state index contributed by atoms with van der Waals surface area (Å²) in [5.41, 5.74) is 1.87. The van der Waals surface area contributed by atoms with Gasteiger partial charge in [-0.15, -0.1) is 0 Å². The van der Waals surface area contributed by atoms with E-state index in [2.05, 4.69) is 69.9 Å². The van der Waals surface area contributed by atoms with Crippen LogP contribution < -0.4 is 15.5 Å². The van der Waals surface area contributed by atoms with E-state index >= 15 is 0 Å². The molecule has 1 spiro atoms. The average molecular weight is 425 g/mol. The maximum atomic E-state index is 12.8. The Morgan fingerprint density at radius 3 is 2.42 bits per heavy atom. The number of anilines is 2. The van der Waals surface area contributed by atoms with E-state index < -0.39 is 0 Å². The molecule has 1 aliphatic heterocycles. The highest BCUT2D eigenvalue weighted by Gasteiger charge is 2.50. The molecule has 0 unspecified atom stereocenters. The molecule has 1 saturated carbocycles. The summed E-state index contributed by atoms with van der Waals surface area (Å²) in [6.45, 7) is 1.86. The van der Waals surface area contributed by atoms with Crippen LogP contribution in [0.4, 0.5) is 16.4 Å². The number of ether oxygens (including phenoxy) is 1. The molecular formula is C23H32N6O2. The van der Waals surface area contributed by atoms with Gasteiger partial charge in [-0.1, -0.05) is 30.3 Å². The van der Waals surface area contributed by atoms with Crippen LogP contribution in [0.5, 0.6) is 0 Å². The number of carbonyl (C=O) groups is 1. The maximum absolute atomic E-state index is 12.8. The third-order valence-electron chi connectivity index (χ3n) is 6.82. The zero-order valence-corrected chi connectivity index (χ0v) is 18.6. The number of carbonyl (C=O) groups excluding carboxylic acids is 1. The van der Waals surface area contributed by atoms with Gasteiger partial charge in [-0.25, -0.2) is 14.8 Å². The van der Waals surface area contributed by atoms with Gasteiger partial charge in [0.05, 0.1) is 36.8 Å². The molecule has 0 atom stereocenters. The molecule has 8 heteroatoms. The lowest BCUT2D eigenvalue weighted by molar-refractivity contribution is 0.0658. The second kappa shape index (κ2) is 8.80. The smallest absolute Gasteiger partial charge is 0.322 e. The highest BCUT2D eigenvalue weighted by molar-refractivity contribution is 5.95. The van der Waals surface area contributed by atoms with E-state index in [1.165, 1.54) is 5.56 Å². The first-order valence-corrected chi connectivity index (χ1v) is 10.9. The number of methoxy groups -OCH3 is 1. The molecule has 2 aromatic rings. The predicted octanol–water partition coefficient (Wildman–Crippen LogP) is 2.83. The molecular weight excluding hydrogens is 392 g/mol. The third-order valence-corrected chi connectivity index (χ3v) is 6.82. The molecule has 2 amide bonds. The second-order valence-corrected chi connectivity index (χ2v) is 8.77. The van der Waals surface area contributed by atoms with Gasteiger partial charge in [-0.05, 0) is 45.3 Å². The number of benzene rings is 1. The molecule has 31 heavy (non-hydrogen) atoms. The third kappa shape index (κ3) is 4.22. The first-order valence-electron chi connectivity index (χ1n) is 10.9. The Hall–Kier alpha value is -2.71. The van der Waals surface area contributed by atoms with Crippen molar-refractivity contribution in [3.8, 4) is 0 Å². The van der Waals surface area contributed by atoms with Crippen molar-refractivity contribution < 1.29 is 9.53 Å². The summed E-state index contributed by atoms with van der Waals surface area (Å²) in [7, 11) is 5.97. The van der Waals surface area contributed by atoms with E-state index in [1.807, 2.05) is 0 Å². The van der Waals surface area contributed by atoms with Gasteiger partial charge >= 0.3 is 6.03 Å². The van der Waals surface area contributed by atoms with E-state index in [9.17, 15) is 4.79 Å². The molecule has 166 valence electrons. The molecule has 0 radical (unpaired) electrons. The molecule has 1 saturated heterocycles. The number of nitrogens with zero attached hydrogens (tertiary/aromatic N) is 4. The van der Waals surface area contributed by atoms with Crippen LogP contribution in [-0.4, -0.2) is 67.3 Å². The highest BCUT2D eigenvalue weighted by atomic mass is 16.5. The van der Waals surface area contributed by atoms with Crippen molar-refractivity contribution in [3.05, 3.63) is 48.3 Å². The van der Waals surface area contributed by atoms with Crippen LogP contribution in [0.2, 0.25) is 0 Å². The largest absolute Gasteiger partial charge is 0.383 e. The molecule has 8 nitrogen and oxygen atoms in total. The van der Waals surface area contributed by atoms with Gasteiger partial charge in [0.15, 0.2) is 0 Å². The Balaban J connectivity index is 1.45. The minimum absolute atomic E-state index is 0.00326. The van der Waals surface area contributed by atoms with E-state index in [4.69, 9.17) is 4.74 Å². The Kier molecular flexibility index (Phi) is 6.11. The first kappa shape index (κ1) is 21.5. The molecule has 4 rings (SSSR count). The number of rotatable bonds is 7. The minimum atomic E-state index is -0.208. The molecule has 2 N–H and O–H groups in total. The summed E-state index contributed by atoms with van der Waals surface area (Å²) in [6, 6.07) is 10.7. The summed E-state index contributed by atoms with van der Waals surface area (Å²) in [4.78, 5) is 25.6. The van der Waals surface area contributed by atoms with Gasteiger partial charge in [0.1, 0.15) is 0 Å². The first-order chi connectivity index (χ1) is 15.0. The molecule has 2 heterocycles. The standard InChI is InChI=1S/C23H32N6O2/c1-28(2)23(18-7-5-4-6-8-18)11-9-22(10-12-23)17-29(21(30)27-22)19-15-25-20(26-16-19)24-13-14-31-3/h4-8,15-16H,9-14,17H2,1-3H3,(H,27,30)(H,24,25,26). The van der Waals surface area contributed by atoms with Crippen molar-refractivity contribution in [1.82, 2.24) is 20.2 Å². The Morgan fingerprint density at radius 1 is 1.13 bits per heavy atom. The molecule has 1 aliphatic carbocycles. The number of aromatic nitrogens is 2. The summed E-state index contributed by atoms with van der Waals surface area (Å²) >= 11 is 0. The van der Waals surface area contributed by atoms with Crippen molar-refractivity contribution in [3.63, 3.8) is 0 Å². The minimum Gasteiger partial charge on any atom is -0.383 e. The lowest BCUT2D eigenvalue weighted by atomic mass is 9.69. The SMILES string of the molecule is COCCNc1ncc(N2CC3(CCC(c4ccccc4)(N(C)C)CC3)NC2=O)cn1. The van der Waals surface area contributed by atoms with E-state index in [-0.39, 0.29) is 17.1 Å². The van der Waals surface area contributed by atoms with Gasteiger partial charge in [0.25, 0.3) is 0 Å². The fourth-order valence-corrected chi connectivity index (χ4v) is 4.90. The zero-order valence-electron chi connectivity index (χ0n) is 18.6. The van der Waals surface area contributed by atoms with Crippen LogP contribution in [0, 0.1) is 0 Å². The maximum Gasteiger partial charge on any atom is 0.322 e. The van der Waals surface area contributed by atoms with Gasteiger partial charge < -0.3 is 15.4 Å². The monoisotopic (exact) mass is 424 g/mol. The van der Waals surface area contributed by atoms with Crippen molar-refractivity contribution in [2.75, 3.05) is 51.1 Å². The van der Waals surface area contributed by atoms with Gasteiger partial charge in [-0.3, -0.25) is 9.80 Å². The summed E-state index contributed by atoms with van der Waals surface area (Å²) in [6.07, 6.45) is 7.27. The number of hydrogen-bond donors (Lipinski definition) is 2.